The Labute approximate surface area is 165 Å². The van der Waals surface area contributed by atoms with Crippen molar-refractivity contribution < 1.29 is 36.9 Å². The van der Waals surface area contributed by atoms with Crippen molar-refractivity contribution in [2.45, 2.75) is 24.3 Å². The van der Waals surface area contributed by atoms with Crippen LogP contribution in [-0.2, 0) is 25.5 Å². The van der Waals surface area contributed by atoms with Crippen molar-refractivity contribution in [2.24, 2.45) is 0 Å². The molecule has 0 amide bonds. The number of nitro groups is 1. The first-order valence-corrected chi connectivity index (χ1v) is 9.86. The molecular weight excluding hydrogens is 406 g/mol. The molecular formula is C18H17NO9S. The first kappa shape index (κ1) is 20.6. The van der Waals surface area contributed by atoms with E-state index >= 15 is 0 Å². The summed E-state index contributed by atoms with van der Waals surface area (Å²) in [4.78, 5) is 21.6. The number of aryl methyl sites for hydroxylation is 1. The molecule has 0 unspecified atom stereocenters. The summed E-state index contributed by atoms with van der Waals surface area (Å²) in [7, 11) is -4.04. The number of nitrogens with zero attached hydrogens (tertiary/aromatic N) is 1. The number of hydrogen-bond donors (Lipinski definition) is 1. The highest BCUT2D eigenvalue weighted by Crippen LogP contribution is 2.40. The number of fused-ring (bicyclic) bond motifs is 1. The summed E-state index contributed by atoms with van der Waals surface area (Å²) in [6, 6.07) is 8.52. The molecule has 0 aliphatic carbocycles. The zero-order valence-electron chi connectivity index (χ0n) is 15.2. The summed E-state index contributed by atoms with van der Waals surface area (Å²) in [5.41, 5.74) is 0.298. The molecule has 2 aromatic carbocycles. The van der Waals surface area contributed by atoms with Gasteiger partial charge in [0, 0.05) is 6.07 Å². The number of hydrogen-bond acceptors (Lipinski definition) is 8. The zero-order valence-corrected chi connectivity index (χ0v) is 16.0. The molecule has 154 valence electrons. The fraction of sp³-hybridized carbons (Fsp3) is 0.278. The lowest BCUT2D eigenvalue weighted by Gasteiger charge is -2.27. The van der Waals surface area contributed by atoms with Gasteiger partial charge in [-0.25, -0.2) is 0 Å². The van der Waals surface area contributed by atoms with Crippen LogP contribution in [-0.4, -0.2) is 43.7 Å². The summed E-state index contributed by atoms with van der Waals surface area (Å²) >= 11 is 0. The number of ether oxygens (including phenoxy) is 2. The van der Waals surface area contributed by atoms with Crippen LogP contribution < -0.4 is 9.47 Å². The van der Waals surface area contributed by atoms with Gasteiger partial charge in [-0.3, -0.25) is 19.1 Å². The third-order valence-corrected chi connectivity index (χ3v) is 5.45. The monoisotopic (exact) mass is 423 g/mol. The van der Waals surface area contributed by atoms with Gasteiger partial charge in [-0.1, -0.05) is 17.7 Å². The summed E-state index contributed by atoms with van der Waals surface area (Å²) < 4.78 is 40.7. The average Bonchev–Trinajstić information content (AvgIpc) is 2.66. The van der Waals surface area contributed by atoms with E-state index in [-0.39, 0.29) is 28.6 Å². The van der Waals surface area contributed by atoms with E-state index in [1.165, 1.54) is 18.2 Å². The first-order valence-electron chi connectivity index (χ1n) is 8.45. The van der Waals surface area contributed by atoms with Gasteiger partial charge >= 0.3 is 5.97 Å². The van der Waals surface area contributed by atoms with Gasteiger partial charge in [0.15, 0.2) is 17.6 Å². The Hall–Kier alpha value is -3.18. The number of rotatable bonds is 7. The number of aliphatic carboxylic acids is 1. The lowest BCUT2D eigenvalue weighted by Crippen LogP contribution is -2.35. The molecule has 3 rings (SSSR count). The minimum Gasteiger partial charge on any atom is -0.486 e. The molecule has 11 heteroatoms. The lowest BCUT2D eigenvalue weighted by atomic mass is 10.1. The van der Waals surface area contributed by atoms with Gasteiger partial charge in [0.05, 0.1) is 21.8 Å². The summed E-state index contributed by atoms with van der Waals surface area (Å²) in [6.45, 7) is 1.33. The number of nitro benzene ring substituents is 1. The van der Waals surface area contributed by atoms with Crippen molar-refractivity contribution in [3.8, 4) is 11.5 Å². The highest BCUT2D eigenvalue weighted by molar-refractivity contribution is 7.86. The molecule has 1 N–H and O–H groups in total. The predicted octanol–water partition coefficient (Wildman–Crippen LogP) is 2.08. The summed E-state index contributed by atoms with van der Waals surface area (Å²) in [6.07, 6.45) is -1.56. The van der Waals surface area contributed by atoms with E-state index < -0.39 is 45.8 Å². The van der Waals surface area contributed by atoms with E-state index in [9.17, 15) is 23.3 Å². The predicted molar refractivity (Wildman–Crippen MR) is 98.7 cm³/mol. The van der Waals surface area contributed by atoms with E-state index in [2.05, 4.69) is 0 Å². The van der Waals surface area contributed by atoms with Gasteiger partial charge in [0.2, 0.25) is 0 Å². The summed E-state index contributed by atoms with van der Waals surface area (Å²) in [5.74, 6) is -1.25. The third kappa shape index (κ3) is 4.63. The second-order valence-electron chi connectivity index (χ2n) is 6.32. The standard InChI is InChI=1S/C18H17NO9S/c1-11-2-4-13(5-3-11)29(24,25)27-10-12-9-26-16-7-6-15(19(22)23)14(8-17(20)21)18(16)28-12/h2-7,12H,8-10H2,1H3,(H,20,21)/t12-/m1/s1. The molecule has 29 heavy (non-hydrogen) atoms. The molecule has 1 heterocycles. The molecule has 0 saturated carbocycles. The minimum atomic E-state index is -4.04. The normalized spacial score (nSPS) is 15.7. The Morgan fingerprint density at radius 2 is 1.97 bits per heavy atom. The van der Waals surface area contributed by atoms with E-state index in [1.54, 1.807) is 12.1 Å². The number of carbonyl (C=O) groups is 1. The van der Waals surface area contributed by atoms with Gasteiger partial charge in [0.25, 0.3) is 15.8 Å². The van der Waals surface area contributed by atoms with Crippen molar-refractivity contribution in [1.29, 1.82) is 0 Å². The topological polar surface area (TPSA) is 142 Å². The maximum absolute atomic E-state index is 12.3. The minimum absolute atomic E-state index is 0.0255. The Bertz CT molecular complexity index is 1050. The van der Waals surface area contributed by atoms with Crippen LogP contribution in [0.25, 0.3) is 0 Å². The van der Waals surface area contributed by atoms with Crippen molar-refractivity contribution in [2.75, 3.05) is 13.2 Å². The number of carboxylic acid groups (broad SMARTS) is 1. The quantitative estimate of drug-likeness (QED) is 0.402. The van der Waals surface area contributed by atoms with Crippen LogP contribution in [0, 0.1) is 17.0 Å². The van der Waals surface area contributed by atoms with Crippen LogP contribution in [0.15, 0.2) is 41.3 Å². The molecule has 0 saturated heterocycles. The van der Waals surface area contributed by atoms with Crippen LogP contribution in [0.1, 0.15) is 11.1 Å². The number of benzene rings is 2. The van der Waals surface area contributed by atoms with Crippen LogP contribution in [0.3, 0.4) is 0 Å². The van der Waals surface area contributed by atoms with Crippen LogP contribution in [0.2, 0.25) is 0 Å². The fourth-order valence-electron chi connectivity index (χ4n) is 2.74. The Morgan fingerprint density at radius 1 is 1.28 bits per heavy atom. The molecule has 0 spiro atoms. The third-order valence-electron chi connectivity index (χ3n) is 4.15. The van der Waals surface area contributed by atoms with E-state index in [0.29, 0.717) is 0 Å². The molecule has 2 aromatic rings. The van der Waals surface area contributed by atoms with Crippen LogP contribution in [0.4, 0.5) is 5.69 Å². The number of carboxylic acids is 1. The smallest absolute Gasteiger partial charge is 0.308 e. The SMILES string of the molecule is Cc1ccc(S(=O)(=O)OC[C@H]2COc3ccc([N+](=O)[O-])c(CC(=O)O)c3O2)cc1. The van der Waals surface area contributed by atoms with Gasteiger partial charge in [-0.2, -0.15) is 8.42 Å². The summed E-state index contributed by atoms with van der Waals surface area (Å²) in [5, 5.41) is 20.3. The maximum atomic E-state index is 12.3. The Kier molecular flexibility index (Phi) is 5.71. The molecule has 0 aromatic heterocycles. The van der Waals surface area contributed by atoms with Crippen molar-refractivity contribution >= 4 is 21.8 Å². The van der Waals surface area contributed by atoms with Crippen molar-refractivity contribution in [3.05, 3.63) is 57.6 Å². The van der Waals surface area contributed by atoms with Crippen LogP contribution >= 0.6 is 0 Å². The molecule has 0 fully saturated rings. The van der Waals surface area contributed by atoms with Crippen molar-refractivity contribution in [3.63, 3.8) is 0 Å². The second-order valence-corrected chi connectivity index (χ2v) is 7.94. The Morgan fingerprint density at radius 3 is 2.59 bits per heavy atom. The molecule has 1 atom stereocenters. The highest BCUT2D eigenvalue weighted by Gasteiger charge is 2.31. The first-order chi connectivity index (χ1) is 13.7. The lowest BCUT2D eigenvalue weighted by molar-refractivity contribution is -0.385. The molecule has 10 nitrogen and oxygen atoms in total. The molecule has 0 radical (unpaired) electrons. The molecule has 1 aliphatic rings. The van der Waals surface area contributed by atoms with E-state index in [4.69, 9.17) is 18.8 Å². The molecule has 0 bridgehead atoms. The van der Waals surface area contributed by atoms with Crippen LogP contribution in [0.5, 0.6) is 11.5 Å². The van der Waals surface area contributed by atoms with Gasteiger partial charge in [-0.15, -0.1) is 0 Å². The average molecular weight is 423 g/mol. The largest absolute Gasteiger partial charge is 0.486 e. The fourth-order valence-corrected chi connectivity index (χ4v) is 3.67. The van der Waals surface area contributed by atoms with Gasteiger partial charge in [-0.05, 0) is 25.1 Å². The second kappa shape index (κ2) is 8.05. The highest BCUT2D eigenvalue weighted by atomic mass is 32.2. The molecule has 1 aliphatic heterocycles. The van der Waals surface area contributed by atoms with Gasteiger partial charge < -0.3 is 14.6 Å². The Balaban J connectivity index is 1.79. The van der Waals surface area contributed by atoms with E-state index in [1.807, 2.05) is 6.92 Å². The zero-order chi connectivity index (χ0) is 21.2. The maximum Gasteiger partial charge on any atom is 0.308 e. The van der Waals surface area contributed by atoms with Gasteiger partial charge in [0.1, 0.15) is 13.2 Å². The van der Waals surface area contributed by atoms with Crippen molar-refractivity contribution in [1.82, 2.24) is 0 Å². The van der Waals surface area contributed by atoms with E-state index in [0.717, 1.165) is 11.6 Å².